The quantitative estimate of drug-likeness (QED) is 0.792. The lowest BCUT2D eigenvalue weighted by Crippen LogP contribution is -2.16. The lowest BCUT2D eigenvalue weighted by Gasteiger charge is -2.05. The summed E-state index contributed by atoms with van der Waals surface area (Å²) in [5.74, 6) is -0.802. The molecule has 0 amide bonds. The first-order valence-electron chi connectivity index (χ1n) is 7.80. The molecule has 1 heterocycles. The summed E-state index contributed by atoms with van der Waals surface area (Å²) in [5, 5.41) is 9.50. The molecule has 0 saturated heterocycles. The fourth-order valence-corrected chi connectivity index (χ4v) is 3.32. The van der Waals surface area contributed by atoms with Gasteiger partial charge in [0.2, 0.25) is 5.89 Å². The second-order valence-corrected chi connectivity index (χ2v) is 7.05. The molecule has 3 rings (SSSR count). The van der Waals surface area contributed by atoms with E-state index < -0.39 is 5.92 Å². The minimum absolute atomic E-state index is 0.0912. The molecule has 1 aromatic heterocycles. The zero-order valence-corrected chi connectivity index (χ0v) is 13.8. The largest absolute Gasteiger partial charge is 0.439 e. The maximum Gasteiger partial charge on any atom is 0.220 e. The van der Waals surface area contributed by atoms with Gasteiger partial charge in [-0.05, 0) is 37.3 Å². The number of carbonyl (C=O) groups is 1. The molecule has 4 nitrogen and oxygen atoms in total. The summed E-state index contributed by atoms with van der Waals surface area (Å²) < 4.78 is 5.63. The average molecular weight is 308 g/mol. The summed E-state index contributed by atoms with van der Waals surface area (Å²) in [5.41, 5.74) is 2.35. The van der Waals surface area contributed by atoms with Gasteiger partial charge >= 0.3 is 0 Å². The lowest BCUT2D eigenvalue weighted by atomic mass is 9.97. The zero-order valence-electron chi connectivity index (χ0n) is 13.8. The van der Waals surface area contributed by atoms with Gasteiger partial charge in [-0.25, -0.2) is 4.98 Å². The number of hydrogen-bond acceptors (Lipinski definition) is 4. The van der Waals surface area contributed by atoms with Crippen molar-refractivity contribution in [1.82, 2.24) is 4.98 Å². The Morgan fingerprint density at radius 2 is 2.09 bits per heavy atom. The van der Waals surface area contributed by atoms with Crippen LogP contribution in [0.2, 0.25) is 0 Å². The summed E-state index contributed by atoms with van der Waals surface area (Å²) >= 11 is 0. The molecule has 2 aromatic rings. The number of nitrogens with zero attached hydrogens (tertiary/aromatic N) is 2. The number of fused-ring (bicyclic) bond motifs is 1. The standard InChI is InChI=1S/C19H20N2O2/c1-11(2)9-13-16(19(13,3)4)17(22)12(10-20)18-21-14-7-5-6-8-15(14)23-18/h5-9,12-13,16H,1-4H3/t12-,13+,16+/m0/s1. The van der Waals surface area contributed by atoms with Crippen molar-refractivity contribution in [3.8, 4) is 6.07 Å². The van der Waals surface area contributed by atoms with E-state index in [4.69, 9.17) is 4.42 Å². The summed E-state index contributed by atoms with van der Waals surface area (Å²) in [4.78, 5) is 17.2. The number of nitriles is 1. The zero-order chi connectivity index (χ0) is 16.8. The summed E-state index contributed by atoms with van der Waals surface area (Å²) in [7, 11) is 0. The summed E-state index contributed by atoms with van der Waals surface area (Å²) in [6.45, 7) is 8.19. The van der Waals surface area contributed by atoms with Crippen LogP contribution in [0.5, 0.6) is 0 Å². The Kier molecular flexibility index (Phi) is 3.60. The van der Waals surface area contributed by atoms with Gasteiger partial charge in [-0.1, -0.05) is 37.6 Å². The number of oxazole rings is 1. The molecule has 1 saturated carbocycles. The second kappa shape index (κ2) is 5.34. The number of allylic oxidation sites excluding steroid dienone is 2. The molecular formula is C19H20N2O2. The van der Waals surface area contributed by atoms with Crippen molar-refractivity contribution in [2.45, 2.75) is 33.6 Å². The predicted octanol–water partition coefficient (Wildman–Crippen LogP) is 4.24. The van der Waals surface area contributed by atoms with Crippen molar-refractivity contribution in [1.29, 1.82) is 5.26 Å². The van der Waals surface area contributed by atoms with Crippen molar-refractivity contribution in [2.24, 2.45) is 17.3 Å². The van der Waals surface area contributed by atoms with E-state index >= 15 is 0 Å². The Morgan fingerprint density at radius 3 is 2.70 bits per heavy atom. The van der Waals surface area contributed by atoms with Crippen LogP contribution in [0.3, 0.4) is 0 Å². The van der Waals surface area contributed by atoms with Crippen LogP contribution in [-0.2, 0) is 4.79 Å². The van der Waals surface area contributed by atoms with Crippen LogP contribution in [0.1, 0.15) is 39.5 Å². The number of Topliss-reactive ketones (excluding diaryl/α,β-unsaturated/α-hetero) is 1. The maximum atomic E-state index is 12.9. The highest BCUT2D eigenvalue weighted by Gasteiger charge is 2.61. The minimum atomic E-state index is -0.942. The molecule has 118 valence electrons. The highest BCUT2D eigenvalue weighted by Crippen LogP contribution is 2.61. The van der Waals surface area contributed by atoms with E-state index in [9.17, 15) is 10.1 Å². The van der Waals surface area contributed by atoms with Gasteiger partial charge in [0.15, 0.2) is 17.3 Å². The van der Waals surface area contributed by atoms with E-state index in [1.165, 1.54) is 5.57 Å². The highest BCUT2D eigenvalue weighted by atomic mass is 16.3. The minimum Gasteiger partial charge on any atom is -0.439 e. The van der Waals surface area contributed by atoms with Gasteiger partial charge in [0.25, 0.3) is 0 Å². The molecule has 0 bridgehead atoms. The average Bonchev–Trinajstić information content (AvgIpc) is 2.84. The molecule has 23 heavy (non-hydrogen) atoms. The van der Waals surface area contributed by atoms with Crippen LogP contribution in [-0.4, -0.2) is 10.8 Å². The van der Waals surface area contributed by atoms with Crippen molar-refractivity contribution >= 4 is 16.9 Å². The van der Waals surface area contributed by atoms with Crippen molar-refractivity contribution < 1.29 is 9.21 Å². The van der Waals surface area contributed by atoms with Gasteiger partial charge in [0.05, 0.1) is 6.07 Å². The number of ketones is 1. The number of benzene rings is 1. The van der Waals surface area contributed by atoms with Crippen LogP contribution >= 0.6 is 0 Å². The van der Waals surface area contributed by atoms with Gasteiger partial charge < -0.3 is 4.42 Å². The number of carbonyl (C=O) groups excluding carboxylic acids is 1. The van der Waals surface area contributed by atoms with Crippen molar-refractivity contribution in [2.75, 3.05) is 0 Å². The number of para-hydroxylation sites is 2. The maximum absolute atomic E-state index is 12.9. The number of hydrogen-bond donors (Lipinski definition) is 0. The third-order valence-corrected chi connectivity index (χ3v) is 4.70. The topological polar surface area (TPSA) is 66.9 Å². The fourth-order valence-electron chi connectivity index (χ4n) is 3.32. The summed E-state index contributed by atoms with van der Waals surface area (Å²) in [6.07, 6.45) is 2.13. The Hall–Kier alpha value is -2.41. The Bertz CT molecular complexity index is 801. The smallest absolute Gasteiger partial charge is 0.220 e. The van der Waals surface area contributed by atoms with E-state index in [1.807, 2.05) is 32.0 Å². The summed E-state index contributed by atoms with van der Waals surface area (Å²) in [6, 6.07) is 9.39. The van der Waals surface area contributed by atoms with E-state index in [1.54, 1.807) is 6.07 Å². The van der Waals surface area contributed by atoms with E-state index in [-0.39, 0.29) is 28.9 Å². The van der Waals surface area contributed by atoms with Gasteiger partial charge in [0, 0.05) is 5.92 Å². The van der Waals surface area contributed by atoms with E-state index in [0.29, 0.717) is 11.1 Å². The Balaban J connectivity index is 1.91. The molecule has 1 aromatic carbocycles. The molecule has 4 heteroatoms. The Morgan fingerprint density at radius 1 is 1.39 bits per heavy atom. The first-order valence-corrected chi connectivity index (χ1v) is 7.80. The van der Waals surface area contributed by atoms with E-state index in [2.05, 4.69) is 31.0 Å². The van der Waals surface area contributed by atoms with Gasteiger partial charge in [-0.15, -0.1) is 0 Å². The molecule has 3 atom stereocenters. The Labute approximate surface area is 135 Å². The van der Waals surface area contributed by atoms with Gasteiger partial charge in [-0.2, -0.15) is 5.26 Å². The molecule has 0 unspecified atom stereocenters. The van der Waals surface area contributed by atoms with Crippen LogP contribution in [0.4, 0.5) is 0 Å². The van der Waals surface area contributed by atoms with Crippen molar-refractivity contribution in [3.63, 3.8) is 0 Å². The van der Waals surface area contributed by atoms with E-state index in [0.717, 1.165) is 0 Å². The van der Waals surface area contributed by atoms with Crippen LogP contribution in [0.15, 0.2) is 40.3 Å². The first-order chi connectivity index (χ1) is 10.9. The monoisotopic (exact) mass is 308 g/mol. The third kappa shape index (κ3) is 2.57. The first kappa shape index (κ1) is 15.5. The molecular weight excluding hydrogens is 288 g/mol. The molecule has 0 radical (unpaired) electrons. The lowest BCUT2D eigenvalue weighted by molar-refractivity contribution is -0.121. The number of aromatic nitrogens is 1. The molecule has 0 spiro atoms. The third-order valence-electron chi connectivity index (χ3n) is 4.70. The second-order valence-electron chi connectivity index (χ2n) is 7.05. The van der Waals surface area contributed by atoms with Gasteiger partial charge in [0.1, 0.15) is 5.52 Å². The van der Waals surface area contributed by atoms with Crippen LogP contribution in [0, 0.1) is 28.6 Å². The molecule has 1 aliphatic rings. The highest BCUT2D eigenvalue weighted by molar-refractivity contribution is 5.93. The molecule has 1 fully saturated rings. The molecule has 0 N–H and O–H groups in total. The molecule has 1 aliphatic carbocycles. The number of rotatable bonds is 4. The molecule has 0 aliphatic heterocycles. The van der Waals surface area contributed by atoms with Crippen LogP contribution < -0.4 is 0 Å². The predicted molar refractivity (Wildman–Crippen MR) is 87.6 cm³/mol. The fraction of sp³-hybridized carbons (Fsp3) is 0.421. The van der Waals surface area contributed by atoms with Crippen LogP contribution in [0.25, 0.3) is 11.1 Å². The van der Waals surface area contributed by atoms with Gasteiger partial charge in [-0.3, -0.25) is 4.79 Å². The SMILES string of the molecule is CC(C)=C[C@@H]1[C@H](C(=O)[C@H](C#N)c2nc3ccccc3o2)C1(C)C. The van der Waals surface area contributed by atoms with Crippen molar-refractivity contribution in [3.05, 3.63) is 41.8 Å². The normalized spacial score (nSPS) is 23.1.